The zero-order chi connectivity index (χ0) is 21.3. The fourth-order valence-corrected chi connectivity index (χ4v) is 3.60. The van der Waals surface area contributed by atoms with E-state index < -0.39 is 0 Å². The number of piperidine rings is 1. The summed E-state index contributed by atoms with van der Waals surface area (Å²) in [5.74, 6) is 1.36. The Kier molecular flexibility index (Phi) is 7.97. The second kappa shape index (κ2) is 10.9. The molecule has 1 fully saturated rings. The average Bonchev–Trinajstić information content (AvgIpc) is 2.78. The second-order valence-corrected chi connectivity index (χ2v) is 7.69. The number of anilines is 1. The molecule has 0 unspecified atom stereocenters. The zero-order valence-electron chi connectivity index (χ0n) is 17.1. The molecule has 3 rings (SSSR count). The number of methoxy groups -OCH3 is 1. The summed E-state index contributed by atoms with van der Waals surface area (Å²) in [7, 11) is 1.58. The van der Waals surface area contributed by atoms with E-state index >= 15 is 0 Å². The Hall–Kier alpha value is -2.73. The van der Waals surface area contributed by atoms with Gasteiger partial charge in [0.1, 0.15) is 11.5 Å². The predicted octanol–water partition coefficient (Wildman–Crippen LogP) is 4.38. The van der Waals surface area contributed by atoms with Crippen LogP contribution < -0.4 is 14.8 Å². The van der Waals surface area contributed by atoms with Crippen molar-refractivity contribution in [3.8, 4) is 11.5 Å². The molecule has 0 aromatic heterocycles. The van der Waals surface area contributed by atoms with Gasteiger partial charge < -0.3 is 19.7 Å². The summed E-state index contributed by atoms with van der Waals surface area (Å²) >= 11 is 5.85. The van der Waals surface area contributed by atoms with Crippen LogP contribution in [-0.2, 0) is 9.59 Å². The number of carbonyl (C=O) groups excluding carboxylic acids is 2. The van der Waals surface area contributed by atoms with E-state index in [0.29, 0.717) is 61.8 Å². The summed E-state index contributed by atoms with van der Waals surface area (Å²) in [6.45, 7) is 1.67. The maximum atomic E-state index is 12.6. The molecule has 0 spiro atoms. The van der Waals surface area contributed by atoms with Crippen molar-refractivity contribution in [1.82, 2.24) is 4.90 Å². The van der Waals surface area contributed by atoms with Crippen LogP contribution in [0, 0.1) is 5.92 Å². The Morgan fingerprint density at radius 1 is 1.10 bits per heavy atom. The highest BCUT2D eigenvalue weighted by atomic mass is 35.5. The van der Waals surface area contributed by atoms with Crippen LogP contribution in [-0.4, -0.2) is 43.5 Å². The SMILES string of the molecule is COc1ccccc1NC(=O)C1CCN(C(=O)CCCOc2ccc(Cl)cc2)CC1. The molecule has 0 saturated carbocycles. The third-order valence-electron chi connectivity index (χ3n) is 5.20. The van der Waals surface area contributed by atoms with E-state index in [1.54, 1.807) is 19.2 Å². The van der Waals surface area contributed by atoms with Crippen LogP contribution in [0.15, 0.2) is 48.5 Å². The van der Waals surface area contributed by atoms with Gasteiger partial charge in [-0.15, -0.1) is 0 Å². The van der Waals surface area contributed by atoms with Gasteiger partial charge in [-0.05, 0) is 55.7 Å². The molecule has 0 bridgehead atoms. The van der Waals surface area contributed by atoms with Crippen molar-refractivity contribution in [3.63, 3.8) is 0 Å². The minimum absolute atomic E-state index is 0.0250. The number of nitrogens with one attached hydrogen (secondary N) is 1. The van der Waals surface area contributed by atoms with Crippen molar-refractivity contribution in [3.05, 3.63) is 53.6 Å². The molecule has 0 aliphatic carbocycles. The number of carbonyl (C=O) groups is 2. The van der Waals surface area contributed by atoms with Crippen LogP contribution in [0.3, 0.4) is 0 Å². The summed E-state index contributed by atoms with van der Waals surface area (Å²) in [6.07, 6.45) is 2.41. The first kappa shape index (κ1) is 22.0. The highest BCUT2D eigenvalue weighted by molar-refractivity contribution is 6.30. The molecule has 1 saturated heterocycles. The number of ether oxygens (including phenoxy) is 2. The normalized spacial score (nSPS) is 14.3. The number of likely N-dealkylation sites (tertiary alicyclic amines) is 1. The summed E-state index contributed by atoms with van der Waals surface area (Å²) in [6, 6.07) is 14.5. The standard InChI is InChI=1S/C23H27ClN2O4/c1-29-21-6-3-2-5-20(21)25-23(28)17-12-14-26(15-13-17)22(27)7-4-16-30-19-10-8-18(24)9-11-19/h2-3,5-6,8-11,17H,4,7,12-16H2,1H3,(H,25,28). The lowest BCUT2D eigenvalue weighted by atomic mass is 9.95. The maximum absolute atomic E-state index is 12.6. The number of amides is 2. The van der Waals surface area contributed by atoms with E-state index in [2.05, 4.69) is 5.32 Å². The smallest absolute Gasteiger partial charge is 0.227 e. The van der Waals surface area contributed by atoms with Gasteiger partial charge in [0.05, 0.1) is 19.4 Å². The van der Waals surface area contributed by atoms with Crippen LogP contribution in [0.4, 0.5) is 5.69 Å². The molecule has 30 heavy (non-hydrogen) atoms. The van der Waals surface area contributed by atoms with Gasteiger partial charge in [0.25, 0.3) is 0 Å². The Morgan fingerprint density at radius 3 is 2.50 bits per heavy atom. The third kappa shape index (κ3) is 6.13. The van der Waals surface area contributed by atoms with E-state index in [4.69, 9.17) is 21.1 Å². The number of benzene rings is 2. The number of hydrogen-bond donors (Lipinski definition) is 1. The van der Waals surface area contributed by atoms with E-state index in [1.807, 2.05) is 41.3 Å². The minimum atomic E-state index is -0.104. The van der Waals surface area contributed by atoms with Crippen molar-refractivity contribution in [2.24, 2.45) is 5.92 Å². The maximum Gasteiger partial charge on any atom is 0.227 e. The lowest BCUT2D eigenvalue weighted by Crippen LogP contribution is -2.41. The number of para-hydroxylation sites is 2. The lowest BCUT2D eigenvalue weighted by Gasteiger charge is -2.31. The largest absolute Gasteiger partial charge is 0.495 e. The van der Waals surface area contributed by atoms with Gasteiger partial charge in [-0.25, -0.2) is 0 Å². The Bertz CT molecular complexity index is 849. The fraction of sp³-hybridized carbons (Fsp3) is 0.391. The molecule has 1 aliphatic heterocycles. The summed E-state index contributed by atoms with van der Waals surface area (Å²) in [4.78, 5) is 26.9. The van der Waals surface area contributed by atoms with Gasteiger partial charge in [0, 0.05) is 30.5 Å². The molecule has 1 N–H and O–H groups in total. The van der Waals surface area contributed by atoms with E-state index in [0.717, 1.165) is 5.75 Å². The third-order valence-corrected chi connectivity index (χ3v) is 5.45. The number of nitrogens with zero attached hydrogens (tertiary/aromatic N) is 1. The first-order valence-electron chi connectivity index (χ1n) is 10.2. The molecule has 2 aromatic carbocycles. The summed E-state index contributed by atoms with van der Waals surface area (Å²) < 4.78 is 10.9. The van der Waals surface area contributed by atoms with Crippen molar-refractivity contribution in [2.75, 3.05) is 32.1 Å². The molecule has 0 atom stereocenters. The van der Waals surface area contributed by atoms with Crippen LogP contribution in [0.25, 0.3) is 0 Å². The van der Waals surface area contributed by atoms with Crippen molar-refractivity contribution < 1.29 is 19.1 Å². The Morgan fingerprint density at radius 2 is 1.80 bits per heavy atom. The van der Waals surface area contributed by atoms with Crippen molar-refractivity contribution in [1.29, 1.82) is 0 Å². The summed E-state index contributed by atoms with van der Waals surface area (Å²) in [5, 5.41) is 3.61. The van der Waals surface area contributed by atoms with E-state index in [1.165, 1.54) is 0 Å². The molecule has 160 valence electrons. The molecule has 1 heterocycles. The molecule has 6 nitrogen and oxygen atoms in total. The van der Waals surface area contributed by atoms with Gasteiger partial charge in [0.2, 0.25) is 11.8 Å². The lowest BCUT2D eigenvalue weighted by molar-refractivity contribution is -0.134. The van der Waals surface area contributed by atoms with Gasteiger partial charge in [-0.3, -0.25) is 9.59 Å². The molecular weight excluding hydrogens is 404 g/mol. The minimum Gasteiger partial charge on any atom is -0.495 e. The van der Waals surface area contributed by atoms with Gasteiger partial charge in [0.15, 0.2) is 0 Å². The zero-order valence-corrected chi connectivity index (χ0v) is 17.9. The van der Waals surface area contributed by atoms with Gasteiger partial charge >= 0.3 is 0 Å². The van der Waals surface area contributed by atoms with Crippen molar-refractivity contribution in [2.45, 2.75) is 25.7 Å². The molecule has 7 heteroatoms. The van der Waals surface area contributed by atoms with E-state index in [-0.39, 0.29) is 17.7 Å². The van der Waals surface area contributed by atoms with Crippen molar-refractivity contribution >= 4 is 29.1 Å². The first-order valence-corrected chi connectivity index (χ1v) is 10.5. The Labute approximate surface area is 182 Å². The average molecular weight is 431 g/mol. The number of rotatable bonds is 8. The van der Waals surface area contributed by atoms with Gasteiger partial charge in [-0.2, -0.15) is 0 Å². The highest BCUT2D eigenvalue weighted by Crippen LogP contribution is 2.26. The molecule has 2 aromatic rings. The highest BCUT2D eigenvalue weighted by Gasteiger charge is 2.27. The first-order chi connectivity index (χ1) is 14.6. The number of halogens is 1. The second-order valence-electron chi connectivity index (χ2n) is 7.25. The van der Waals surface area contributed by atoms with Gasteiger partial charge in [-0.1, -0.05) is 23.7 Å². The predicted molar refractivity (Wildman–Crippen MR) is 117 cm³/mol. The van der Waals surface area contributed by atoms with Crippen LogP contribution in [0.1, 0.15) is 25.7 Å². The summed E-state index contributed by atoms with van der Waals surface area (Å²) in [5.41, 5.74) is 0.671. The number of hydrogen-bond acceptors (Lipinski definition) is 4. The molecule has 2 amide bonds. The quantitative estimate of drug-likeness (QED) is 0.631. The fourth-order valence-electron chi connectivity index (χ4n) is 3.48. The molecule has 0 radical (unpaired) electrons. The molecule has 1 aliphatic rings. The van der Waals surface area contributed by atoms with Crippen LogP contribution in [0.5, 0.6) is 11.5 Å². The van der Waals surface area contributed by atoms with Crippen LogP contribution in [0.2, 0.25) is 5.02 Å². The van der Waals surface area contributed by atoms with Crippen LogP contribution >= 0.6 is 11.6 Å². The Balaban J connectivity index is 1.37. The molecular formula is C23H27ClN2O4. The van der Waals surface area contributed by atoms with E-state index in [9.17, 15) is 9.59 Å². The monoisotopic (exact) mass is 430 g/mol. The topological polar surface area (TPSA) is 67.9 Å².